The van der Waals surface area contributed by atoms with Crippen molar-refractivity contribution < 1.29 is 4.74 Å². The second-order valence-electron chi connectivity index (χ2n) is 5.16. The van der Waals surface area contributed by atoms with Gasteiger partial charge in [0, 0.05) is 20.5 Å². The second-order valence-corrected chi connectivity index (χ2v) is 5.16. The summed E-state index contributed by atoms with van der Waals surface area (Å²) in [5.41, 5.74) is 1.26. The Hall–Kier alpha value is -2.57. The fourth-order valence-corrected chi connectivity index (χ4v) is 2.44. The summed E-state index contributed by atoms with van der Waals surface area (Å²) in [4.78, 5) is 8.38. The van der Waals surface area contributed by atoms with Crippen LogP contribution in [0.5, 0.6) is 5.75 Å². The van der Waals surface area contributed by atoms with E-state index in [1.165, 1.54) is 11.9 Å². The molecule has 7 heteroatoms. The number of aryl methyl sites for hydroxylation is 1. The zero-order valence-electron chi connectivity index (χ0n) is 12.8. The number of aliphatic imine (C=N–C) groups is 1. The Morgan fingerprint density at radius 2 is 2.27 bits per heavy atom. The summed E-state index contributed by atoms with van der Waals surface area (Å²) in [5, 5.41) is 10.5. The maximum absolute atomic E-state index is 5.90. The summed E-state index contributed by atoms with van der Waals surface area (Å²) >= 11 is 0. The van der Waals surface area contributed by atoms with Crippen molar-refractivity contribution in [3.8, 4) is 5.75 Å². The molecule has 2 heterocycles. The van der Waals surface area contributed by atoms with Crippen LogP contribution in [0.1, 0.15) is 11.4 Å². The Morgan fingerprint density at radius 3 is 3.00 bits per heavy atom. The van der Waals surface area contributed by atoms with E-state index in [9.17, 15) is 0 Å². The molecule has 0 aliphatic carbocycles. The predicted octanol–water partition coefficient (Wildman–Crippen LogP) is 0.484. The van der Waals surface area contributed by atoms with E-state index in [0.717, 1.165) is 24.0 Å². The normalized spacial score (nSPS) is 17.0. The van der Waals surface area contributed by atoms with E-state index >= 15 is 0 Å². The van der Waals surface area contributed by atoms with E-state index in [1.54, 1.807) is 11.7 Å². The summed E-state index contributed by atoms with van der Waals surface area (Å²) in [5.74, 6) is 2.56. The molecule has 2 N–H and O–H groups in total. The fraction of sp³-hybridized carbons (Fsp3) is 0.400. The fourth-order valence-electron chi connectivity index (χ4n) is 2.44. The van der Waals surface area contributed by atoms with E-state index < -0.39 is 0 Å². The standard InChI is InChI=1S/C15H20N6O/c1-16-15(18-9-14-19-10-20-21(14)2)17-8-12-7-11-5-3-4-6-13(11)22-12/h3-6,10,12H,7-9H2,1-2H3,(H2,16,17,18). The van der Waals surface area contributed by atoms with Gasteiger partial charge in [0.05, 0.1) is 13.1 Å². The lowest BCUT2D eigenvalue weighted by molar-refractivity contribution is 0.235. The molecule has 1 unspecified atom stereocenters. The average molecular weight is 300 g/mol. The lowest BCUT2D eigenvalue weighted by atomic mass is 10.1. The number of para-hydroxylation sites is 1. The molecule has 0 bridgehead atoms. The number of hydrogen-bond donors (Lipinski definition) is 2. The van der Waals surface area contributed by atoms with Gasteiger partial charge in [-0.2, -0.15) is 5.10 Å². The first-order chi connectivity index (χ1) is 10.8. The molecule has 22 heavy (non-hydrogen) atoms. The third-order valence-corrected chi connectivity index (χ3v) is 3.65. The molecule has 2 aromatic rings. The highest BCUT2D eigenvalue weighted by atomic mass is 16.5. The van der Waals surface area contributed by atoms with E-state index in [-0.39, 0.29) is 6.10 Å². The lowest BCUT2D eigenvalue weighted by Gasteiger charge is -2.15. The van der Waals surface area contributed by atoms with Crippen LogP contribution in [0.15, 0.2) is 35.6 Å². The zero-order chi connectivity index (χ0) is 15.4. The van der Waals surface area contributed by atoms with Crippen molar-refractivity contribution in [1.82, 2.24) is 25.4 Å². The van der Waals surface area contributed by atoms with Gasteiger partial charge in [-0.15, -0.1) is 0 Å². The van der Waals surface area contributed by atoms with Crippen LogP contribution < -0.4 is 15.4 Å². The maximum Gasteiger partial charge on any atom is 0.191 e. The van der Waals surface area contributed by atoms with Gasteiger partial charge in [-0.1, -0.05) is 18.2 Å². The van der Waals surface area contributed by atoms with Gasteiger partial charge in [-0.05, 0) is 11.6 Å². The molecular weight excluding hydrogens is 280 g/mol. The van der Waals surface area contributed by atoms with E-state index in [4.69, 9.17) is 4.74 Å². The van der Waals surface area contributed by atoms with Gasteiger partial charge in [0.1, 0.15) is 24.0 Å². The number of benzene rings is 1. The Kier molecular flexibility index (Phi) is 4.22. The highest BCUT2D eigenvalue weighted by molar-refractivity contribution is 5.79. The van der Waals surface area contributed by atoms with Crippen molar-refractivity contribution in [1.29, 1.82) is 0 Å². The Balaban J connectivity index is 1.47. The van der Waals surface area contributed by atoms with Crippen LogP contribution in [0.2, 0.25) is 0 Å². The summed E-state index contributed by atoms with van der Waals surface area (Å²) in [6.45, 7) is 1.27. The second kappa shape index (κ2) is 6.46. The molecule has 0 fully saturated rings. The van der Waals surface area contributed by atoms with Crippen molar-refractivity contribution in [2.24, 2.45) is 12.0 Å². The van der Waals surface area contributed by atoms with Crippen LogP contribution in [-0.2, 0) is 20.0 Å². The van der Waals surface area contributed by atoms with Gasteiger partial charge >= 0.3 is 0 Å². The SMILES string of the molecule is CN=C(NCc1ncnn1C)NCC1Cc2ccccc2O1. The number of guanidine groups is 1. The smallest absolute Gasteiger partial charge is 0.191 e. The van der Waals surface area contributed by atoms with E-state index in [2.05, 4.69) is 31.8 Å². The summed E-state index contributed by atoms with van der Waals surface area (Å²) < 4.78 is 7.63. The maximum atomic E-state index is 5.90. The summed E-state index contributed by atoms with van der Waals surface area (Å²) in [6.07, 6.45) is 2.59. The molecule has 0 saturated heterocycles. The topological polar surface area (TPSA) is 76.4 Å². The van der Waals surface area contributed by atoms with Crippen molar-refractivity contribution in [2.45, 2.75) is 19.1 Å². The first-order valence-electron chi connectivity index (χ1n) is 7.28. The molecule has 1 aromatic carbocycles. The third kappa shape index (κ3) is 3.19. The van der Waals surface area contributed by atoms with Crippen LogP contribution in [0.4, 0.5) is 0 Å². The quantitative estimate of drug-likeness (QED) is 0.634. The molecule has 1 aromatic heterocycles. The Labute approximate surface area is 129 Å². The van der Waals surface area contributed by atoms with Crippen LogP contribution in [0.25, 0.3) is 0 Å². The number of aromatic nitrogens is 3. The highest BCUT2D eigenvalue weighted by Crippen LogP contribution is 2.27. The van der Waals surface area contributed by atoms with E-state index in [1.807, 2.05) is 25.2 Å². The molecule has 0 radical (unpaired) electrons. The molecule has 1 atom stereocenters. The molecule has 1 aliphatic rings. The molecule has 0 saturated carbocycles. The number of rotatable bonds is 4. The van der Waals surface area contributed by atoms with Gasteiger partial charge in [0.15, 0.2) is 5.96 Å². The van der Waals surface area contributed by atoms with Gasteiger partial charge in [-0.3, -0.25) is 9.67 Å². The number of nitrogens with one attached hydrogen (secondary N) is 2. The Bertz CT molecular complexity index is 641. The highest BCUT2D eigenvalue weighted by Gasteiger charge is 2.22. The molecule has 7 nitrogen and oxygen atoms in total. The molecule has 0 spiro atoms. The van der Waals surface area contributed by atoms with Crippen LogP contribution in [0.3, 0.4) is 0 Å². The van der Waals surface area contributed by atoms with Crippen LogP contribution >= 0.6 is 0 Å². The number of ether oxygens (including phenoxy) is 1. The molecule has 1 aliphatic heterocycles. The number of hydrogen-bond acceptors (Lipinski definition) is 4. The lowest BCUT2D eigenvalue weighted by Crippen LogP contribution is -2.42. The predicted molar refractivity (Wildman–Crippen MR) is 83.8 cm³/mol. The minimum atomic E-state index is 0.130. The zero-order valence-corrected chi connectivity index (χ0v) is 12.8. The first kappa shape index (κ1) is 14.4. The summed E-state index contributed by atoms with van der Waals surface area (Å²) in [6, 6.07) is 8.16. The van der Waals surface area contributed by atoms with Crippen LogP contribution in [-0.4, -0.2) is 40.4 Å². The number of nitrogens with zero attached hydrogens (tertiary/aromatic N) is 4. The largest absolute Gasteiger partial charge is 0.488 e. The average Bonchev–Trinajstić information content (AvgIpc) is 3.13. The van der Waals surface area contributed by atoms with Crippen molar-refractivity contribution in [3.63, 3.8) is 0 Å². The third-order valence-electron chi connectivity index (χ3n) is 3.65. The molecular formula is C15H20N6O. The molecule has 116 valence electrons. The minimum absolute atomic E-state index is 0.130. The van der Waals surface area contributed by atoms with Gasteiger partial charge in [0.25, 0.3) is 0 Å². The summed E-state index contributed by atoms with van der Waals surface area (Å²) in [7, 11) is 3.61. The minimum Gasteiger partial charge on any atom is -0.488 e. The van der Waals surface area contributed by atoms with Crippen molar-refractivity contribution in [3.05, 3.63) is 42.0 Å². The molecule has 3 rings (SSSR count). The number of fused-ring (bicyclic) bond motifs is 1. The van der Waals surface area contributed by atoms with Crippen molar-refractivity contribution >= 4 is 5.96 Å². The Morgan fingerprint density at radius 1 is 1.41 bits per heavy atom. The van der Waals surface area contributed by atoms with Crippen molar-refractivity contribution in [2.75, 3.05) is 13.6 Å². The van der Waals surface area contributed by atoms with Crippen LogP contribution in [0, 0.1) is 0 Å². The monoisotopic (exact) mass is 300 g/mol. The van der Waals surface area contributed by atoms with Gasteiger partial charge in [0.2, 0.25) is 0 Å². The first-order valence-corrected chi connectivity index (χ1v) is 7.28. The van der Waals surface area contributed by atoms with Gasteiger partial charge in [-0.25, -0.2) is 4.98 Å². The van der Waals surface area contributed by atoms with E-state index in [0.29, 0.717) is 13.1 Å². The molecule has 0 amide bonds. The van der Waals surface area contributed by atoms with Gasteiger partial charge < -0.3 is 15.4 Å².